The number of hydrogen-bond acceptors (Lipinski definition) is 5. The molecule has 0 radical (unpaired) electrons. The zero-order valence-corrected chi connectivity index (χ0v) is 19.7. The van der Waals surface area contributed by atoms with Crippen molar-refractivity contribution in [2.24, 2.45) is 0 Å². The van der Waals surface area contributed by atoms with Gasteiger partial charge < -0.3 is 14.8 Å². The molecule has 0 unspecified atom stereocenters. The fourth-order valence-corrected chi connectivity index (χ4v) is 5.80. The van der Waals surface area contributed by atoms with Crippen LogP contribution in [-0.2, 0) is 14.8 Å². The van der Waals surface area contributed by atoms with E-state index in [4.69, 9.17) is 9.47 Å². The first kappa shape index (κ1) is 24.1. The van der Waals surface area contributed by atoms with E-state index in [0.717, 1.165) is 37.7 Å². The second-order valence-electron chi connectivity index (χ2n) is 8.06. The van der Waals surface area contributed by atoms with E-state index in [1.807, 2.05) is 19.1 Å². The van der Waals surface area contributed by atoms with E-state index < -0.39 is 10.0 Å². The smallest absolute Gasteiger partial charge is 0.243 e. The summed E-state index contributed by atoms with van der Waals surface area (Å²) in [5.41, 5.74) is 0.839. The summed E-state index contributed by atoms with van der Waals surface area (Å²) in [6.45, 7) is 1.65. The van der Waals surface area contributed by atoms with Gasteiger partial charge in [0.2, 0.25) is 15.9 Å². The zero-order chi connectivity index (χ0) is 23.1. The Balaban J connectivity index is 1.78. The molecule has 1 fully saturated rings. The number of amides is 1. The van der Waals surface area contributed by atoms with Crippen molar-refractivity contribution in [3.63, 3.8) is 0 Å². The Morgan fingerprint density at radius 1 is 1.03 bits per heavy atom. The fraction of sp³-hybridized carbons (Fsp3) is 0.458. The first-order valence-corrected chi connectivity index (χ1v) is 12.4. The van der Waals surface area contributed by atoms with Crippen LogP contribution in [0.1, 0.15) is 50.6 Å². The van der Waals surface area contributed by atoms with Crippen molar-refractivity contribution in [1.82, 2.24) is 9.62 Å². The number of nitrogens with zero attached hydrogens (tertiary/aromatic N) is 1. The lowest BCUT2D eigenvalue weighted by Crippen LogP contribution is -2.47. The molecule has 7 nitrogen and oxygen atoms in total. The summed E-state index contributed by atoms with van der Waals surface area (Å²) in [7, 11) is -0.658. The minimum Gasteiger partial charge on any atom is -0.493 e. The highest BCUT2D eigenvalue weighted by molar-refractivity contribution is 7.89. The molecule has 32 heavy (non-hydrogen) atoms. The normalized spacial score (nSPS) is 15.9. The predicted octanol–water partition coefficient (Wildman–Crippen LogP) is 3.90. The van der Waals surface area contributed by atoms with Gasteiger partial charge in [0.25, 0.3) is 0 Å². The molecule has 1 N–H and O–H groups in total. The van der Waals surface area contributed by atoms with Crippen LogP contribution < -0.4 is 14.8 Å². The molecule has 1 saturated carbocycles. The molecule has 1 aliphatic rings. The minimum absolute atomic E-state index is 0.170. The lowest BCUT2D eigenvalue weighted by atomic mass is 9.95. The van der Waals surface area contributed by atoms with E-state index in [-0.39, 0.29) is 29.4 Å². The quantitative estimate of drug-likeness (QED) is 0.613. The number of methoxy groups -OCH3 is 2. The number of hydrogen-bond donors (Lipinski definition) is 1. The Hall–Kier alpha value is -2.58. The summed E-state index contributed by atoms with van der Waals surface area (Å²) in [6.07, 6.45) is 4.57. The van der Waals surface area contributed by atoms with Crippen LogP contribution in [0, 0.1) is 0 Å². The van der Waals surface area contributed by atoms with E-state index in [1.54, 1.807) is 50.6 Å². The van der Waals surface area contributed by atoms with Gasteiger partial charge in [-0.05, 0) is 49.6 Å². The maximum absolute atomic E-state index is 13.4. The number of benzene rings is 2. The average Bonchev–Trinajstić information content (AvgIpc) is 2.83. The lowest BCUT2D eigenvalue weighted by Gasteiger charge is -2.33. The maximum Gasteiger partial charge on any atom is 0.243 e. The molecule has 2 aromatic rings. The predicted molar refractivity (Wildman–Crippen MR) is 123 cm³/mol. The highest BCUT2D eigenvalue weighted by Gasteiger charge is 2.34. The Morgan fingerprint density at radius 3 is 2.31 bits per heavy atom. The van der Waals surface area contributed by atoms with Crippen LogP contribution in [-0.4, -0.2) is 45.4 Å². The lowest BCUT2D eigenvalue weighted by molar-refractivity contribution is -0.122. The number of carbonyl (C=O) groups is 1. The average molecular weight is 461 g/mol. The van der Waals surface area contributed by atoms with Crippen LogP contribution >= 0.6 is 0 Å². The maximum atomic E-state index is 13.4. The summed E-state index contributed by atoms with van der Waals surface area (Å²) < 4.78 is 38.8. The van der Waals surface area contributed by atoms with Gasteiger partial charge in [-0.3, -0.25) is 4.79 Å². The molecule has 1 aliphatic carbocycles. The number of nitrogens with one attached hydrogen (secondary N) is 1. The van der Waals surface area contributed by atoms with Gasteiger partial charge in [0.05, 0.1) is 31.7 Å². The Morgan fingerprint density at radius 2 is 1.69 bits per heavy atom. The summed E-state index contributed by atoms with van der Waals surface area (Å²) in [4.78, 5) is 13.2. The molecule has 8 heteroatoms. The molecule has 0 aliphatic heterocycles. The van der Waals surface area contributed by atoms with Crippen molar-refractivity contribution >= 4 is 15.9 Å². The van der Waals surface area contributed by atoms with Crippen molar-refractivity contribution in [3.05, 3.63) is 54.1 Å². The third-order valence-corrected chi connectivity index (χ3v) is 7.83. The van der Waals surface area contributed by atoms with Crippen molar-refractivity contribution < 1.29 is 22.7 Å². The number of ether oxygens (including phenoxy) is 2. The van der Waals surface area contributed by atoms with Gasteiger partial charge in [-0.1, -0.05) is 43.5 Å². The van der Waals surface area contributed by atoms with Gasteiger partial charge in [0, 0.05) is 6.04 Å². The Kier molecular flexibility index (Phi) is 8.15. The number of rotatable bonds is 9. The van der Waals surface area contributed by atoms with E-state index in [0.29, 0.717) is 11.5 Å². The topological polar surface area (TPSA) is 84.9 Å². The van der Waals surface area contributed by atoms with E-state index in [9.17, 15) is 13.2 Å². The third-order valence-electron chi connectivity index (χ3n) is 5.92. The highest BCUT2D eigenvalue weighted by atomic mass is 32.2. The third kappa shape index (κ3) is 5.61. The fourth-order valence-electron chi connectivity index (χ4n) is 4.14. The molecule has 0 heterocycles. The second-order valence-corrected chi connectivity index (χ2v) is 9.95. The van der Waals surface area contributed by atoms with Crippen molar-refractivity contribution in [3.8, 4) is 11.5 Å². The molecule has 174 valence electrons. The highest BCUT2D eigenvalue weighted by Crippen LogP contribution is 2.30. The van der Waals surface area contributed by atoms with Gasteiger partial charge in [0.15, 0.2) is 11.5 Å². The van der Waals surface area contributed by atoms with Crippen molar-refractivity contribution in [1.29, 1.82) is 0 Å². The van der Waals surface area contributed by atoms with Gasteiger partial charge in [-0.25, -0.2) is 8.42 Å². The molecule has 0 aromatic heterocycles. The van der Waals surface area contributed by atoms with Crippen LogP contribution in [0.25, 0.3) is 0 Å². The van der Waals surface area contributed by atoms with Crippen LogP contribution in [0.3, 0.4) is 0 Å². The number of sulfonamides is 1. The molecule has 0 spiro atoms. The van der Waals surface area contributed by atoms with Crippen molar-refractivity contribution in [2.45, 2.75) is 56.0 Å². The van der Waals surface area contributed by atoms with Crippen LogP contribution in [0.2, 0.25) is 0 Å². The van der Waals surface area contributed by atoms with Crippen LogP contribution in [0.4, 0.5) is 0 Å². The Labute approximate surface area is 190 Å². The summed E-state index contributed by atoms with van der Waals surface area (Å²) >= 11 is 0. The first-order valence-electron chi connectivity index (χ1n) is 10.9. The molecule has 1 amide bonds. The van der Waals surface area contributed by atoms with E-state index >= 15 is 0 Å². The van der Waals surface area contributed by atoms with Gasteiger partial charge in [-0.15, -0.1) is 0 Å². The summed E-state index contributed by atoms with van der Waals surface area (Å²) in [6, 6.07) is 13.3. The standard InChI is InChI=1S/C24H32N2O5S/c1-18(19-14-15-22(30-2)23(16-19)31-3)25-24(27)17-26(20-10-6-4-7-11-20)32(28,29)21-12-8-5-9-13-21/h5,8-9,12-16,18,20H,4,6-7,10-11,17H2,1-3H3,(H,25,27)/t18-/m1/s1. The number of carbonyl (C=O) groups excluding carboxylic acids is 1. The Bertz CT molecular complexity index is 1000. The van der Waals surface area contributed by atoms with E-state index in [1.165, 1.54) is 4.31 Å². The van der Waals surface area contributed by atoms with Crippen LogP contribution in [0.5, 0.6) is 11.5 Å². The first-order chi connectivity index (χ1) is 15.4. The molecule has 2 aromatic carbocycles. The SMILES string of the molecule is COc1ccc([C@@H](C)NC(=O)CN(C2CCCCC2)S(=O)(=O)c2ccccc2)cc1OC. The van der Waals surface area contributed by atoms with Gasteiger partial charge in [0.1, 0.15) is 0 Å². The van der Waals surface area contributed by atoms with Crippen molar-refractivity contribution in [2.75, 3.05) is 20.8 Å². The summed E-state index contributed by atoms with van der Waals surface area (Å²) in [5.74, 6) is 0.839. The van der Waals surface area contributed by atoms with E-state index in [2.05, 4.69) is 5.32 Å². The van der Waals surface area contributed by atoms with Gasteiger partial charge >= 0.3 is 0 Å². The molecule has 0 bridgehead atoms. The van der Waals surface area contributed by atoms with Crippen LogP contribution in [0.15, 0.2) is 53.4 Å². The molecular weight excluding hydrogens is 428 g/mol. The molecular formula is C24H32N2O5S. The van der Waals surface area contributed by atoms with Gasteiger partial charge in [-0.2, -0.15) is 4.31 Å². The largest absolute Gasteiger partial charge is 0.493 e. The second kappa shape index (κ2) is 10.8. The molecule has 3 rings (SSSR count). The zero-order valence-electron chi connectivity index (χ0n) is 18.9. The minimum atomic E-state index is -3.78. The monoisotopic (exact) mass is 460 g/mol. The molecule has 1 atom stereocenters. The summed E-state index contributed by atoms with van der Waals surface area (Å²) in [5, 5.41) is 2.94. The molecule has 0 saturated heterocycles.